The lowest BCUT2D eigenvalue weighted by atomic mass is 10.1. The number of anilines is 1. The van der Waals surface area contributed by atoms with E-state index in [1.165, 1.54) is 0 Å². The molecular weight excluding hydrogens is 310 g/mol. The molecule has 0 bridgehead atoms. The third kappa shape index (κ3) is 3.07. The SMILES string of the molecule is CN1CCCN(C(=O)c2ccc(Br)c(N)c2)CC1=O. The maximum absolute atomic E-state index is 12.4. The van der Waals surface area contributed by atoms with Gasteiger partial charge in [-0.3, -0.25) is 9.59 Å². The molecule has 0 unspecified atom stereocenters. The number of halogens is 1. The monoisotopic (exact) mass is 325 g/mol. The van der Waals surface area contributed by atoms with Gasteiger partial charge in [-0.25, -0.2) is 0 Å². The fraction of sp³-hybridized carbons (Fsp3) is 0.385. The summed E-state index contributed by atoms with van der Waals surface area (Å²) >= 11 is 3.29. The minimum absolute atomic E-state index is 0.0315. The summed E-state index contributed by atoms with van der Waals surface area (Å²) in [6, 6.07) is 5.09. The Bertz CT molecular complexity index is 519. The van der Waals surface area contributed by atoms with Crippen molar-refractivity contribution in [3.63, 3.8) is 0 Å². The molecule has 1 heterocycles. The average Bonchev–Trinajstić information content (AvgIpc) is 2.55. The van der Waals surface area contributed by atoms with Crippen molar-refractivity contribution in [2.75, 3.05) is 32.4 Å². The van der Waals surface area contributed by atoms with Crippen LogP contribution in [0.4, 0.5) is 5.69 Å². The number of amides is 2. The largest absolute Gasteiger partial charge is 0.398 e. The van der Waals surface area contributed by atoms with Crippen molar-refractivity contribution in [1.29, 1.82) is 0 Å². The second kappa shape index (κ2) is 5.61. The Kier molecular flexibility index (Phi) is 4.09. The minimum atomic E-state index is -0.150. The summed E-state index contributed by atoms with van der Waals surface area (Å²) in [5.74, 6) is -0.182. The highest BCUT2D eigenvalue weighted by Gasteiger charge is 2.23. The van der Waals surface area contributed by atoms with E-state index in [-0.39, 0.29) is 18.4 Å². The second-order valence-corrected chi connectivity index (χ2v) is 5.49. The van der Waals surface area contributed by atoms with Crippen LogP contribution in [-0.4, -0.2) is 48.3 Å². The van der Waals surface area contributed by atoms with Crippen molar-refractivity contribution in [2.24, 2.45) is 0 Å². The first-order valence-electron chi connectivity index (χ1n) is 6.07. The standard InChI is InChI=1S/C13H16BrN3O2/c1-16-5-2-6-17(8-12(16)18)13(19)9-3-4-10(14)11(15)7-9/h3-4,7H,2,5-6,8,15H2,1H3. The first-order chi connectivity index (χ1) is 8.99. The third-order valence-corrected chi connectivity index (χ3v) is 3.93. The van der Waals surface area contributed by atoms with Crippen LogP contribution < -0.4 is 5.73 Å². The first kappa shape index (κ1) is 13.9. The Morgan fingerprint density at radius 1 is 1.37 bits per heavy atom. The van der Waals surface area contributed by atoms with E-state index in [1.54, 1.807) is 35.0 Å². The number of hydrogen-bond acceptors (Lipinski definition) is 3. The normalized spacial score (nSPS) is 16.4. The zero-order valence-corrected chi connectivity index (χ0v) is 12.3. The Morgan fingerprint density at radius 3 is 2.79 bits per heavy atom. The molecule has 19 heavy (non-hydrogen) atoms. The van der Waals surface area contributed by atoms with E-state index >= 15 is 0 Å². The van der Waals surface area contributed by atoms with Gasteiger partial charge in [0.1, 0.15) is 6.54 Å². The zero-order valence-electron chi connectivity index (χ0n) is 10.7. The molecule has 0 aromatic heterocycles. The van der Waals surface area contributed by atoms with Crippen LogP contribution in [0.15, 0.2) is 22.7 Å². The number of nitrogens with two attached hydrogens (primary N) is 1. The highest BCUT2D eigenvalue weighted by atomic mass is 79.9. The third-order valence-electron chi connectivity index (χ3n) is 3.20. The molecule has 2 N–H and O–H groups in total. The predicted octanol–water partition coefficient (Wildman–Crippen LogP) is 1.34. The van der Waals surface area contributed by atoms with Crippen LogP contribution in [0.3, 0.4) is 0 Å². The first-order valence-corrected chi connectivity index (χ1v) is 6.86. The van der Waals surface area contributed by atoms with Gasteiger partial charge in [0.05, 0.1) is 0 Å². The molecule has 1 fully saturated rings. The van der Waals surface area contributed by atoms with Crippen LogP contribution in [0.2, 0.25) is 0 Å². The van der Waals surface area contributed by atoms with Crippen molar-refractivity contribution in [3.8, 4) is 0 Å². The molecule has 2 rings (SSSR count). The maximum Gasteiger partial charge on any atom is 0.254 e. The van der Waals surface area contributed by atoms with Gasteiger partial charge in [-0.2, -0.15) is 0 Å². The second-order valence-electron chi connectivity index (χ2n) is 4.63. The molecule has 1 aromatic carbocycles. The van der Waals surface area contributed by atoms with E-state index in [9.17, 15) is 9.59 Å². The fourth-order valence-corrected chi connectivity index (χ4v) is 2.27. The molecule has 6 heteroatoms. The van der Waals surface area contributed by atoms with Gasteiger partial charge in [-0.1, -0.05) is 0 Å². The summed E-state index contributed by atoms with van der Waals surface area (Å²) in [6.07, 6.45) is 0.792. The lowest BCUT2D eigenvalue weighted by Gasteiger charge is -2.20. The molecule has 0 saturated carbocycles. The van der Waals surface area contributed by atoms with E-state index in [1.807, 2.05) is 0 Å². The number of rotatable bonds is 1. The number of carbonyl (C=O) groups excluding carboxylic acids is 2. The van der Waals surface area contributed by atoms with Crippen molar-refractivity contribution in [3.05, 3.63) is 28.2 Å². The summed E-state index contributed by atoms with van der Waals surface area (Å²) in [5.41, 5.74) is 6.81. The van der Waals surface area contributed by atoms with Crippen molar-refractivity contribution in [2.45, 2.75) is 6.42 Å². The molecule has 5 nitrogen and oxygen atoms in total. The summed E-state index contributed by atoms with van der Waals surface area (Å²) in [4.78, 5) is 27.4. The van der Waals surface area contributed by atoms with E-state index in [0.29, 0.717) is 24.3 Å². The molecule has 0 atom stereocenters. The van der Waals surface area contributed by atoms with Gasteiger partial charge in [0.25, 0.3) is 5.91 Å². The molecule has 0 radical (unpaired) electrons. The highest BCUT2D eigenvalue weighted by molar-refractivity contribution is 9.10. The quantitative estimate of drug-likeness (QED) is 0.792. The molecule has 1 aliphatic rings. The molecule has 102 valence electrons. The molecule has 0 spiro atoms. The van der Waals surface area contributed by atoms with Crippen LogP contribution in [-0.2, 0) is 4.79 Å². The molecule has 1 aliphatic heterocycles. The molecular formula is C13H16BrN3O2. The minimum Gasteiger partial charge on any atom is -0.398 e. The van der Waals surface area contributed by atoms with Crippen molar-refractivity contribution < 1.29 is 9.59 Å². The van der Waals surface area contributed by atoms with Gasteiger partial charge >= 0.3 is 0 Å². The topological polar surface area (TPSA) is 66.6 Å². The summed E-state index contributed by atoms with van der Waals surface area (Å²) in [5, 5.41) is 0. The van der Waals surface area contributed by atoms with Gasteiger partial charge in [-0.15, -0.1) is 0 Å². The number of carbonyl (C=O) groups is 2. The van der Waals surface area contributed by atoms with E-state index in [4.69, 9.17) is 5.73 Å². The van der Waals surface area contributed by atoms with Crippen LogP contribution in [0.25, 0.3) is 0 Å². The molecule has 1 aromatic rings. The Morgan fingerprint density at radius 2 is 2.11 bits per heavy atom. The van der Waals surface area contributed by atoms with Gasteiger partial charge in [0.15, 0.2) is 0 Å². The number of nitrogen functional groups attached to an aromatic ring is 1. The van der Waals surface area contributed by atoms with Crippen molar-refractivity contribution in [1.82, 2.24) is 9.80 Å². The lowest BCUT2D eigenvalue weighted by Crippen LogP contribution is -2.38. The summed E-state index contributed by atoms with van der Waals surface area (Å²) in [6.45, 7) is 1.40. The Labute approximate surface area is 120 Å². The van der Waals surface area contributed by atoms with Crippen LogP contribution in [0.1, 0.15) is 16.8 Å². The lowest BCUT2D eigenvalue weighted by molar-refractivity contribution is -0.129. The molecule has 1 saturated heterocycles. The Hall–Kier alpha value is -1.56. The summed E-state index contributed by atoms with van der Waals surface area (Å²) < 4.78 is 0.760. The van der Waals surface area contributed by atoms with Crippen molar-refractivity contribution >= 4 is 33.4 Å². The van der Waals surface area contributed by atoms with Gasteiger partial charge in [0.2, 0.25) is 5.91 Å². The van der Waals surface area contributed by atoms with E-state index < -0.39 is 0 Å². The average molecular weight is 326 g/mol. The van der Waals surface area contributed by atoms with Gasteiger partial charge < -0.3 is 15.5 Å². The van der Waals surface area contributed by atoms with Crippen LogP contribution >= 0.6 is 15.9 Å². The maximum atomic E-state index is 12.4. The van der Waals surface area contributed by atoms with Crippen LogP contribution in [0, 0.1) is 0 Å². The number of hydrogen-bond donors (Lipinski definition) is 1. The smallest absolute Gasteiger partial charge is 0.254 e. The number of nitrogens with zero attached hydrogens (tertiary/aromatic N) is 2. The molecule has 2 amide bonds. The Balaban J connectivity index is 2.18. The predicted molar refractivity (Wildman–Crippen MR) is 76.7 cm³/mol. The van der Waals surface area contributed by atoms with Gasteiger partial charge in [0, 0.05) is 35.9 Å². The summed E-state index contributed by atoms with van der Waals surface area (Å²) in [7, 11) is 1.76. The van der Waals surface area contributed by atoms with E-state index in [2.05, 4.69) is 15.9 Å². The highest BCUT2D eigenvalue weighted by Crippen LogP contribution is 2.21. The molecule has 0 aliphatic carbocycles. The zero-order chi connectivity index (χ0) is 14.0. The van der Waals surface area contributed by atoms with Gasteiger partial charge in [-0.05, 0) is 40.5 Å². The number of benzene rings is 1. The number of likely N-dealkylation sites (N-methyl/N-ethyl adjacent to an activating group) is 1. The van der Waals surface area contributed by atoms with Crippen LogP contribution in [0.5, 0.6) is 0 Å². The fourth-order valence-electron chi connectivity index (χ4n) is 2.02. The van der Waals surface area contributed by atoms with E-state index in [0.717, 1.165) is 10.9 Å².